The van der Waals surface area contributed by atoms with E-state index in [1.807, 2.05) is 45.5 Å². The van der Waals surface area contributed by atoms with Crippen LogP contribution in [0.5, 0.6) is 5.75 Å². The molecule has 0 unspecified atom stereocenters. The van der Waals surface area contributed by atoms with E-state index in [0.29, 0.717) is 0 Å². The van der Waals surface area contributed by atoms with Gasteiger partial charge in [0.1, 0.15) is 11.4 Å². The third-order valence-corrected chi connectivity index (χ3v) is 6.94. The van der Waals surface area contributed by atoms with E-state index in [2.05, 4.69) is 72.6 Å². The zero-order valence-electron chi connectivity index (χ0n) is 20.6. The van der Waals surface area contributed by atoms with Crippen molar-refractivity contribution in [1.82, 2.24) is 5.32 Å². The number of fused-ring (bicyclic) bond motifs is 1. The van der Waals surface area contributed by atoms with Crippen LogP contribution in [0.25, 0.3) is 5.57 Å². The van der Waals surface area contributed by atoms with Crippen molar-refractivity contribution >= 4 is 29.3 Å². The van der Waals surface area contributed by atoms with Gasteiger partial charge in [0.15, 0.2) is 0 Å². The Morgan fingerprint density at radius 3 is 2.12 bits per heavy atom. The third kappa shape index (κ3) is 8.46. The Bertz CT molecular complexity index is 928. The van der Waals surface area contributed by atoms with E-state index < -0.39 is 0 Å². The van der Waals surface area contributed by atoms with Gasteiger partial charge >= 0.3 is 0 Å². The highest BCUT2D eigenvalue weighted by Gasteiger charge is 2.36. The molecule has 3 aliphatic rings. The molecule has 2 saturated heterocycles. The summed E-state index contributed by atoms with van der Waals surface area (Å²) in [4.78, 5) is 1.08. The Morgan fingerprint density at radius 2 is 1.61 bits per heavy atom. The lowest BCUT2D eigenvalue weighted by atomic mass is 9.83. The van der Waals surface area contributed by atoms with Crippen molar-refractivity contribution in [2.24, 2.45) is 5.14 Å². The minimum absolute atomic E-state index is 0.184. The Morgan fingerprint density at radius 1 is 1.03 bits per heavy atom. The molecule has 0 radical (unpaired) electrons. The van der Waals surface area contributed by atoms with Gasteiger partial charge in [0.2, 0.25) is 0 Å². The Kier molecular flexibility index (Phi) is 12.0. The highest BCUT2D eigenvalue weighted by Crippen LogP contribution is 2.42. The van der Waals surface area contributed by atoms with E-state index in [-0.39, 0.29) is 5.60 Å². The number of rotatable bonds is 2. The summed E-state index contributed by atoms with van der Waals surface area (Å²) in [6, 6.07) is 16.8. The molecule has 2 aromatic rings. The first-order valence-corrected chi connectivity index (χ1v) is 13.7. The molecule has 5 heteroatoms. The monoisotopic (exact) mass is 482 g/mol. The molecular formula is C28H38N2OS2. The van der Waals surface area contributed by atoms with E-state index in [1.165, 1.54) is 34.4 Å². The fourth-order valence-electron chi connectivity index (χ4n) is 3.51. The van der Waals surface area contributed by atoms with Gasteiger partial charge in [0.25, 0.3) is 0 Å². The van der Waals surface area contributed by atoms with Gasteiger partial charge in [-0.2, -0.15) is 11.8 Å². The van der Waals surface area contributed by atoms with E-state index in [4.69, 9.17) is 9.88 Å². The number of piperidine rings is 1. The average Bonchev–Trinajstić information content (AvgIpc) is 3.68. The lowest BCUT2D eigenvalue weighted by Gasteiger charge is -2.40. The van der Waals surface area contributed by atoms with Crippen molar-refractivity contribution in [2.45, 2.75) is 63.2 Å². The van der Waals surface area contributed by atoms with E-state index in [9.17, 15) is 0 Å². The number of thioether (sulfide) groups is 1. The number of ether oxygens (including phenoxy) is 1. The van der Waals surface area contributed by atoms with Crippen LogP contribution in [0.3, 0.4) is 0 Å². The molecule has 0 aliphatic carbocycles. The molecule has 178 valence electrons. The van der Waals surface area contributed by atoms with Gasteiger partial charge in [-0.05, 0) is 74.3 Å². The highest BCUT2D eigenvalue weighted by molar-refractivity contribution is 8.06. The smallest absolute Gasteiger partial charge is 0.130 e. The molecule has 1 spiro atoms. The highest BCUT2D eigenvalue weighted by atomic mass is 32.2. The predicted molar refractivity (Wildman–Crippen MR) is 148 cm³/mol. The fourth-order valence-corrected chi connectivity index (χ4v) is 4.00. The zero-order valence-corrected chi connectivity index (χ0v) is 22.2. The first kappa shape index (κ1) is 27.4. The summed E-state index contributed by atoms with van der Waals surface area (Å²) in [6.07, 6.45) is 4.34. The van der Waals surface area contributed by atoms with Crippen LogP contribution in [0.4, 0.5) is 0 Å². The summed E-state index contributed by atoms with van der Waals surface area (Å²) >= 11 is 3.30. The SMILES string of the molecule is CC.CC#CC.C[C@H]1CS1.NSc1ccc(C2=CC3(CCNCC3)Oc3ccccc32)cc1. The molecule has 0 saturated carbocycles. The molecule has 2 aromatic carbocycles. The van der Waals surface area contributed by atoms with Gasteiger partial charge in [-0.25, -0.2) is 0 Å². The predicted octanol–water partition coefficient (Wildman–Crippen LogP) is 6.78. The van der Waals surface area contributed by atoms with Crippen LogP contribution < -0.4 is 15.2 Å². The molecule has 0 aromatic heterocycles. The second-order valence-corrected chi connectivity index (χ2v) is 9.94. The minimum Gasteiger partial charge on any atom is -0.482 e. The van der Waals surface area contributed by atoms with Gasteiger partial charge in [0, 0.05) is 34.3 Å². The van der Waals surface area contributed by atoms with E-state index in [1.54, 1.807) is 0 Å². The molecule has 2 fully saturated rings. The van der Waals surface area contributed by atoms with Crippen LogP contribution >= 0.6 is 23.7 Å². The molecule has 5 rings (SSSR count). The Labute approximate surface area is 209 Å². The number of benzene rings is 2. The summed E-state index contributed by atoms with van der Waals surface area (Å²) in [5.41, 5.74) is 3.47. The van der Waals surface area contributed by atoms with Crippen LogP contribution in [0.15, 0.2) is 59.5 Å². The van der Waals surface area contributed by atoms with Crippen LogP contribution in [0, 0.1) is 11.8 Å². The maximum absolute atomic E-state index is 6.42. The lowest BCUT2D eigenvalue weighted by molar-refractivity contribution is 0.0817. The first-order chi connectivity index (χ1) is 16.1. The number of hydrogen-bond donors (Lipinski definition) is 2. The van der Waals surface area contributed by atoms with Gasteiger partial charge in [-0.3, -0.25) is 5.14 Å². The standard InChI is InChI=1S/C19H20N2OS.C4H6.C3H6S.C2H6/c20-23-15-7-5-14(6-8-15)17-13-19(9-11-21-12-10-19)22-18-4-2-1-3-16(17)18;1-3-4-2;1-3-2-4-3;1-2/h1-8,13,21H,9-12,20H2;1-2H3;3H,2H2,1H3;1-2H3/t;;3-;/m..0./s1. The van der Waals surface area contributed by atoms with Crippen molar-refractivity contribution in [1.29, 1.82) is 0 Å². The number of nitrogens with one attached hydrogen (secondary N) is 1. The quantitative estimate of drug-likeness (QED) is 0.281. The Hall–Kier alpha value is -1.84. The summed E-state index contributed by atoms with van der Waals surface area (Å²) in [5, 5.41) is 10.1. The maximum atomic E-state index is 6.42. The van der Waals surface area contributed by atoms with Crippen molar-refractivity contribution < 1.29 is 4.74 Å². The molecule has 3 N–H and O–H groups in total. The van der Waals surface area contributed by atoms with Crippen molar-refractivity contribution in [2.75, 3.05) is 18.8 Å². The van der Waals surface area contributed by atoms with Gasteiger partial charge in [-0.1, -0.05) is 51.1 Å². The Balaban J connectivity index is 0.000000326. The molecule has 0 amide bonds. The topological polar surface area (TPSA) is 47.3 Å². The largest absolute Gasteiger partial charge is 0.482 e. The van der Waals surface area contributed by atoms with Gasteiger partial charge in [-0.15, -0.1) is 11.8 Å². The van der Waals surface area contributed by atoms with Crippen LogP contribution in [0.2, 0.25) is 0 Å². The average molecular weight is 483 g/mol. The van der Waals surface area contributed by atoms with Crippen LogP contribution in [-0.4, -0.2) is 29.7 Å². The molecule has 3 heterocycles. The molecule has 1 atom stereocenters. The summed E-state index contributed by atoms with van der Waals surface area (Å²) in [5.74, 6) is 7.75. The molecule has 33 heavy (non-hydrogen) atoms. The third-order valence-electron chi connectivity index (χ3n) is 5.40. The number of para-hydroxylation sites is 1. The summed E-state index contributed by atoms with van der Waals surface area (Å²) < 4.78 is 6.42. The fraction of sp³-hybridized carbons (Fsp3) is 0.429. The molecule has 3 aliphatic heterocycles. The second-order valence-electron chi connectivity index (χ2n) is 7.76. The molecule has 3 nitrogen and oxygen atoms in total. The van der Waals surface area contributed by atoms with Crippen LogP contribution in [0.1, 0.15) is 58.6 Å². The first-order valence-electron chi connectivity index (χ1n) is 11.7. The zero-order chi connectivity index (χ0) is 24.1. The second kappa shape index (κ2) is 14.4. The summed E-state index contributed by atoms with van der Waals surface area (Å²) in [6.45, 7) is 11.9. The molecular weight excluding hydrogens is 444 g/mol. The maximum Gasteiger partial charge on any atom is 0.130 e. The van der Waals surface area contributed by atoms with E-state index in [0.717, 1.165) is 41.8 Å². The number of hydrogen-bond acceptors (Lipinski definition) is 5. The summed E-state index contributed by atoms with van der Waals surface area (Å²) in [7, 11) is 0. The normalized spacial score (nSPS) is 18.6. The van der Waals surface area contributed by atoms with Crippen molar-refractivity contribution in [3.05, 3.63) is 65.7 Å². The van der Waals surface area contributed by atoms with Crippen molar-refractivity contribution in [3.63, 3.8) is 0 Å². The van der Waals surface area contributed by atoms with Gasteiger partial charge < -0.3 is 10.1 Å². The van der Waals surface area contributed by atoms with Crippen molar-refractivity contribution in [3.8, 4) is 17.6 Å². The van der Waals surface area contributed by atoms with Crippen LogP contribution in [-0.2, 0) is 0 Å². The molecule has 0 bridgehead atoms. The number of nitrogens with two attached hydrogens (primary N) is 1. The lowest BCUT2D eigenvalue weighted by Crippen LogP contribution is -2.46. The van der Waals surface area contributed by atoms with Gasteiger partial charge in [0.05, 0.1) is 0 Å². The minimum atomic E-state index is -0.184. The van der Waals surface area contributed by atoms with E-state index >= 15 is 0 Å².